The highest BCUT2D eigenvalue weighted by atomic mass is 32.2. The average Bonchev–Trinajstić information content (AvgIpc) is 2.55. The number of nitrogens with one attached hydrogen (secondary N) is 1. The number of amides is 1. The average molecular weight is 363 g/mol. The first-order valence-corrected chi connectivity index (χ1v) is 9.17. The zero-order valence-corrected chi connectivity index (χ0v) is 14.2. The minimum atomic E-state index is -3.38. The number of carbonyl (C=O) groups is 2. The molecule has 8 heteroatoms. The fourth-order valence-corrected chi connectivity index (χ4v) is 2.65. The second kappa shape index (κ2) is 7.80. The maximum absolute atomic E-state index is 11.8. The highest BCUT2D eigenvalue weighted by Crippen LogP contribution is 2.15. The monoisotopic (exact) mass is 363 g/mol. The van der Waals surface area contributed by atoms with Crippen molar-refractivity contribution < 1.29 is 27.9 Å². The largest absolute Gasteiger partial charge is 0.508 e. The molecule has 2 rings (SSSR count). The molecule has 0 heterocycles. The molecule has 0 aliphatic heterocycles. The van der Waals surface area contributed by atoms with Crippen LogP contribution in [0.5, 0.6) is 5.75 Å². The number of sulfone groups is 1. The van der Waals surface area contributed by atoms with E-state index in [-0.39, 0.29) is 17.1 Å². The number of phenolic OH excluding ortho intramolecular Hbond substituents is 1. The number of benzene rings is 2. The minimum absolute atomic E-state index is 0.0306. The number of aromatic hydroxyl groups is 1. The molecule has 0 spiro atoms. The Balaban J connectivity index is 1.86. The topological polar surface area (TPSA) is 110 Å². The molecule has 0 fully saturated rings. The minimum Gasteiger partial charge on any atom is -0.508 e. The number of phenols is 1. The second-order valence-corrected chi connectivity index (χ2v) is 7.37. The SMILES string of the molecule is CS(=O)(=O)c1cccc(NC(=O)COC(=O)Cc2ccc(O)cc2)c1. The van der Waals surface area contributed by atoms with Gasteiger partial charge >= 0.3 is 5.97 Å². The van der Waals surface area contributed by atoms with Crippen LogP contribution in [-0.2, 0) is 30.6 Å². The van der Waals surface area contributed by atoms with Gasteiger partial charge in [0.2, 0.25) is 0 Å². The summed E-state index contributed by atoms with van der Waals surface area (Å²) in [7, 11) is -3.38. The Morgan fingerprint density at radius 1 is 1.12 bits per heavy atom. The van der Waals surface area contributed by atoms with Gasteiger partial charge in [0.05, 0.1) is 11.3 Å². The number of anilines is 1. The van der Waals surface area contributed by atoms with Crippen LogP contribution in [0.1, 0.15) is 5.56 Å². The number of hydrogen-bond acceptors (Lipinski definition) is 6. The number of carbonyl (C=O) groups excluding carboxylic acids is 2. The van der Waals surface area contributed by atoms with Crippen molar-refractivity contribution in [3.8, 4) is 5.75 Å². The van der Waals surface area contributed by atoms with Crippen LogP contribution >= 0.6 is 0 Å². The van der Waals surface area contributed by atoms with Crippen LogP contribution < -0.4 is 5.32 Å². The summed E-state index contributed by atoms with van der Waals surface area (Å²) in [4.78, 5) is 23.6. The summed E-state index contributed by atoms with van der Waals surface area (Å²) in [5, 5.41) is 11.6. The Labute approximate surface area is 145 Å². The van der Waals surface area contributed by atoms with Crippen LogP contribution in [0.3, 0.4) is 0 Å². The van der Waals surface area contributed by atoms with Crippen molar-refractivity contribution in [2.24, 2.45) is 0 Å². The van der Waals surface area contributed by atoms with E-state index in [0.29, 0.717) is 11.3 Å². The predicted molar refractivity (Wildman–Crippen MR) is 91.0 cm³/mol. The van der Waals surface area contributed by atoms with Crippen LogP contribution in [0, 0.1) is 0 Å². The fourth-order valence-electron chi connectivity index (χ4n) is 1.98. The molecule has 1 amide bonds. The molecule has 2 aromatic carbocycles. The predicted octanol–water partition coefficient (Wildman–Crippen LogP) is 1.52. The molecule has 7 nitrogen and oxygen atoms in total. The van der Waals surface area contributed by atoms with Gasteiger partial charge in [-0.3, -0.25) is 9.59 Å². The highest BCUT2D eigenvalue weighted by molar-refractivity contribution is 7.90. The van der Waals surface area contributed by atoms with Crippen molar-refractivity contribution >= 4 is 27.4 Å². The number of hydrogen-bond donors (Lipinski definition) is 2. The van der Waals surface area contributed by atoms with Crippen molar-refractivity contribution in [1.29, 1.82) is 0 Å². The Kier molecular flexibility index (Phi) is 5.76. The lowest BCUT2D eigenvalue weighted by atomic mass is 10.1. The third kappa shape index (κ3) is 5.92. The molecule has 2 aromatic rings. The van der Waals surface area contributed by atoms with E-state index in [1.54, 1.807) is 12.1 Å². The molecule has 132 valence electrons. The van der Waals surface area contributed by atoms with Crippen LogP contribution in [0.15, 0.2) is 53.4 Å². The Bertz CT molecular complexity index is 874. The lowest BCUT2D eigenvalue weighted by Gasteiger charge is -2.08. The normalized spacial score (nSPS) is 10.9. The Hall–Kier alpha value is -2.87. The van der Waals surface area contributed by atoms with E-state index in [1.807, 2.05) is 0 Å². The van der Waals surface area contributed by atoms with Gasteiger partial charge in [-0.1, -0.05) is 18.2 Å². The van der Waals surface area contributed by atoms with E-state index in [0.717, 1.165) is 6.26 Å². The van der Waals surface area contributed by atoms with Crippen molar-refractivity contribution in [3.05, 3.63) is 54.1 Å². The fraction of sp³-hybridized carbons (Fsp3) is 0.176. The van der Waals surface area contributed by atoms with Crippen LogP contribution in [0.25, 0.3) is 0 Å². The first-order valence-electron chi connectivity index (χ1n) is 7.27. The zero-order valence-electron chi connectivity index (χ0n) is 13.4. The van der Waals surface area contributed by atoms with Gasteiger partial charge in [-0.05, 0) is 35.9 Å². The molecule has 0 unspecified atom stereocenters. The van der Waals surface area contributed by atoms with Gasteiger partial charge in [0.25, 0.3) is 5.91 Å². The molecule has 0 atom stereocenters. The lowest BCUT2D eigenvalue weighted by Crippen LogP contribution is -2.21. The summed E-state index contributed by atoms with van der Waals surface area (Å²) in [6.45, 7) is -0.486. The number of rotatable bonds is 6. The third-order valence-corrected chi connectivity index (χ3v) is 4.31. The Morgan fingerprint density at radius 2 is 1.80 bits per heavy atom. The maximum atomic E-state index is 11.8. The molecule has 0 radical (unpaired) electrons. The summed E-state index contributed by atoms with van der Waals surface area (Å²) in [5.74, 6) is -1.08. The second-order valence-electron chi connectivity index (χ2n) is 5.35. The van der Waals surface area contributed by atoms with Crippen molar-refractivity contribution in [3.63, 3.8) is 0 Å². The molecule has 0 aliphatic rings. The lowest BCUT2D eigenvalue weighted by molar-refractivity contribution is -0.146. The molecule has 0 aromatic heterocycles. The molecule has 0 bridgehead atoms. The molecule has 25 heavy (non-hydrogen) atoms. The van der Waals surface area contributed by atoms with E-state index >= 15 is 0 Å². The van der Waals surface area contributed by atoms with E-state index in [2.05, 4.69) is 5.32 Å². The summed E-state index contributed by atoms with van der Waals surface area (Å²) in [5.41, 5.74) is 0.937. The summed E-state index contributed by atoms with van der Waals surface area (Å²) >= 11 is 0. The highest BCUT2D eigenvalue weighted by Gasteiger charge is 2.11. The van der Waals surface area contributed by atoms with Crippen LogP contribution in [0.4, 0.5) is 5.69 Å². The van der Waals surface area contributed by atoms with Gasteiger partial charge in [0.15, 0.2) is 16.4 Å². The van der Waals surface area contributed by atoms with Crippen LogP contribution in [-0.4, -0.2) is 38.3 Å². The van der Waals surface area contributed by atoms with Gasteiger partial charge in [-0.2, -0.15) is 0 Å². The zero-order chi connectivity index (χ0) is 18.4. The smallest absolute Gasteiger partial charge is 0.310 e. The molecular weight excluding hydrogens is 346 g/mol. The van der Waals surface area contributed by atoms with Crippen molar-refractivity contribution in [2.45, 2.75) is 11.3 Å². The summed E-state index contributed by atoms with van der Waals surface area (Å²) in [6.07, 6.45) is 1.04. The molecule has 0 saturated heterocycles. The molecular formula is C17H17NO6S. The van der Waals surface area contributed by atoms with Gasteiger partial charge in [0, 0.05) is 11.9 Å². The standard InChI is InChI=1S/C17H17NO6S/c1-25(22,23)15-4-2-3-13(10-15)18-16(20)11-24-17(21)9-12-5-7-14(19)8-6-12/h2-8,10,19H,9,11H2,1H3,(H,18,20). The van der Waals surface area contributed by atoms with Crippen molar-refractivity contribution in [2.75, 3.05) is 18.2 Å². The third-order valence-electron chi connectivity index (χ3n) is 3.19. The van der Waals surface area contributed by atoms with Gasteiger partial charge in [-0.25, -0.2) is 8.42 Å². The summed E-state index contributed by atoms with van der Waals surface area (Å²) < 4.78 is 27.8. The number of ether oxygens (including phenoxy) is 1. The molecule has 0 saturated carbocycles. The maximum Gasteiger partial charge on any atom is 0.310 e. The van der Waals surface area contributed by atoms with Gasteiger partial charge in [-0.15, -0.1) is 0 Å². The van der Waals surface area contributed by atoms with Crippen molar-refractivity contribution in [1.82, 2.24) is 0 Å². The van der Waals surface area contributed by atoms with E-state index in [1.165, 1.54) is 36.4 Å². The Morgan fingerprint density at radius 3 is 2.44 bits per heavy atom. The van der Waals surface area contributed by atoms with E-state index in [9.17, 15) is 23.1 Å². The number of esters is 1. The summed E-state index contributed by atoms with van der Waals surface area (Å²) in [6, 6.07) is 11.8. The van der Waals surface area contributed by atoms with Gasteiger partial charge in [0.1, 0.15) is 5.75 Å². The van der Waals surface area contributed by atoms with Crippen LogP contribution in [0.2, 0.25) is 0 Å². The molecule has 0 aliphatic carbocycles. The quantitative estimate of drug-likeness (QED) is 0.753. The first kappa shape index (κ1) is 18.5. The van der Waals surface area contributed by atoms with E-state index in [4.69, 9.17) is 4.74 Å². The van der Waals surface area contributed by atoms with E-state index < -0.39 is 28.3 Å². The molecule has 2 N–H and O–H groups in total. The van der Waals surface area contributed by atoms with Gasteiger partial charge < -0.3 is 15.2 Å². The first-order chi connectivity index (χ1) is 11.7.